The van der Waals surface area contributed by atoms with Crippen LogP contribution in [-0.2, 0) is 9.59 Å². The summed E-state index contributed by atoms with van der Waals surface area (Å²) in [5.41, 5.74) is 0. The summed E-state index contributed by atoms with van der Waals surface area (Å²) in [5.74, 6) is -0.807. The zero-order chi connectivity index (χ0) is 9.56. The summed E-state index contributed by atoms with van der Waals surface area (Å²) in [7, 11) is 0. The predicted molar refractivity (Wildman–Crippen MR) is 45.0 cm³/mol. The topological polar surface area (TPSA) is 57.6 Å². The van der Waals surface area contributed by atoms with Gasteiger partial charge < -0.3 is 5.11 Å². The van der Waals surface area contributed by atoms with E-state index in [0.717, 1.165) is 0 Å². The molecule has 1 N–H and O–H groups in total. The van der Waals surface area contributed by atoms with Crippen molar-refractivity contribution in [2.75, 3.05) is 19.6 Å². The highest BCUT2D eigenvalue weighted by molar-refractivity contribution is 5.80. The molecule has 0 saturated carbocycles. The molecule has 0 aliphatic heterocycles. The van der Waals surface area contributed by atoms with Crippen LogP contribution in [0.3, 0.4) is 0 Å². The molecular formula is C8H15NO3. The molecule has 0 aliphatic rings. The smallest absolute Gasteiger partial charge is 0.317 e. The van der Waals surface area contributed by atoms with Crippen molar-refractivity contribution < 1.29 is 14.7 Å². The minimum absolute atomic E-state index is 0.0533. The van der Waals surface area contributed by atoms with Crippen LogP contribution in [0.4, 0.5) is 0 Å². The van der Waals surface area contributed by atoms with E-state index >= 15 is 0 Å². The molecule has 4 heteroatoms. The average molecular weight is 173 g/mol. The van der Waals surface area contributed by atoms with Gasteiger partial charge in [0.25, 0.3) is 0 Å². The van der Waals surface area contributed by atoms with Crippen LogP contribution in [0, 0.1) is 0 Å². The summed E-state index contributed by atoms with van der Waals surface area (Å²) in [6.07, 6.45) is 0.468. The molecule has 0 aromatic carbocycles. The Labute approximate surface area is 72.2 Å². The van der Waals surface area contributed by atoms with Gasteiger partial charge in [0, 0.05) is 6.42 Å². The monoisotopic (exact) mass is 173 g/mol. The highest BCUT2D eigenvalue weighted by Crippen LogP contribution is 1.90. The largest absolute Gasteiger partial charge is 0.480 e. The fourth-order valence-corrected chi connectivity index (χ4v) is 0.832. The number of carboxylic acid groups (broad SMARTS) is 1. The summed E-state index contributed by atoms with van der Waals surface area (Å²) in [4.78, 5) is 22.8. The minimum Gasteiger partial charge on any atom is -0.480 e. The van der Waals surface area contributed by atoms with E-state index in [1.807, 2.05) is 6.92 Å². The molecular weight excluding hydrogens is 158 g/mol. The van der Waals surface area contributed by atoms with Gasteiger partial charge in [0.2, 0.25) is 0 Å². The Hall–Kier alpha value is -0.900. The van der Waals surface area contributed by atoms with E-state index in [2.05, 4.69) is 0 Å². The van der Waals surface area contributed by atoms with Crippen molar-refractivity contribution in [2.45, 2.75) is 20.3 Å². The highest BCUT2D eigenvalue weighted by atomic mass is 16.4. The minimum atomic E-state index is -0.888. The first-order chi connectivity index (χ1) is 5.60. The fraction of sp³-hybridized carbons (Fsp3) is 0.750. The summed E-state index contributed by atoms with van der Waals surface area (Å²) < 4.78 is 0. The average Bonchev–Trinajstić information content (AvgIpc) is 2.02. The lowest BCUT2D eigenvalue weighted by Gasteiger charge is -2.15. The van der Waals surface area contributed by atoms with Crippen molar-refractivity contribution in [1.82, 2.24) is 4.90 Å². The Bertz CT molecular complexity index is 168. The molecule has 0 unspecified atom stereocenters. The SMILES string of the molecule is CCC(=O)CN(CC)CC(=O)O. The van der Waals surface area contributed by atoms with Gasteiger partial charge in [-0.1, -0.05) is 13.8 Å². The van der Waals surface area contributed by atoms with Gasteiger partial charge in [-0.2, -0.15) is 0 Å². The van der Waals surface area contributed by atoms with E-state index in [1.165, 1.54) is 0 Å². The number of carbonyl (C=O) groups is 2. The van der Waals surface area contributed by atoms with Crippen molar-refractivity contribution in [3.63, 3.8) is 0 Å². The van der Waals surface area contributed by atoms with Crippen LogP contribution in [0.2, 0.25) is 0 Å². The van der Waals surface area contributed by atoms with Crippen LogP contribution in [-0.4, -0.2) is 41.4 Å². The number of hydrogen-bond donors (Lipinski definition) is 1. The molecule has 0 aliphatic carbocycles. The molecule has 0 bridgehead atoms. The second kappa shape index (κ2) is 5.71. The van der Waals surface area contributed by atoms with Gasteiger partial charge in [0.15, 0.2) is 0 Å². The molecule has 0 aromatic heterocycles. The third-order valence-corrected chi connectivity index (χ3v) is 1.60. The van der Waals surface area contributed by atoms with Gasteiger partial charge >= 0.3 is 5.97 Å². The summed E-state index contributed by atoms with van der Waals surface area (Å²) in [5, 5.41) is 8.45. The number of hydrogen-bond acceptors (Lipinski definition) is 3. The Morgan fingerprint density at radius 2 is 1.83 bits per heavy atom. The third kappa shape index (κ3) is 4.85. The first kappa shape index (κ1) is 11.1. The van der Waals surface area contributed by atoms with Crippen LogP contribution in [0.1, 0.15) is 20.3 Å². The zero-order valence-electron chi connectivity index (χ0n) is 7.54. The highest BCUT2D eigenvalue weighted by Gasteiger charge is 2.10. The molecule has 0 amide bonds. The lowest BCUT2D eigenvalue weighted by atomic mass is 10.3. The van der Waals surface area contributed by atoms with Gasteiger partial charge in [-0.3, -0.25) is 14.5 Å². The van der Waals surface area contributed by atoms with Gasteiger partial charge in [0.1, 0.15) is 5.78 Å². The number of Topliss-reactive ketones (excluding diaryl/α,β-unsaturated/α-hetero) is 1. The number of carboxylic acids is 1. The zero-order valence-corrected chi connectivity index (χ0v) is 7.54. The first-order valence-electron chi connectivity index (χ1n) is 4.06. The molecule has 0 fully saturated rings. The molecule has 12 heavy (non-hydrogen) atoms. The van der Waals surface area contributed by atoms with Crippen molar-refractivity contribution in [3.05, 3.63) is 0 Å². The van der Waals surface area contributed by atoms with Gasteiger partial charge in [-0.15, -0.1) is 0 Å². The van der Waals surface area contributed by atoms with E-state index in [0.29, 0.717) is 13.0 Å². The number of likely N-dealkylation sites (N-methyl/N-ethyl adjacent to an activating group) is 1. The Morgan fingerprint density at radius 1 is 1.25 bits per heavy atom. The number of ketones is 1. The molecule has 0 aromatic rings. The maximum Gasteiger partial charge on any atom is 0.317 e. The van der Waals surface area contributed by atoms with Crippen LogP contribution in [0.15, 0.2) is 0 Å². The van der Waals surface area contributed by atoms with E-state index in [-0.39, 0.29) is 18.9 Å². The Balaban J connectivity index is 3.82. The van der Waals surface area contributed by atoms with Crippen LogP contribution < -0.4 is 0 Å². The maximum absolute atomic E-state index is 10.9. The second-order valence-electron chi connectivity index (χ2n) is 2.59. The molecule has 0 atom stereocenters. The van der Waals surface area contributed by atoms with Crippen LogP contribution in [0.25, 0.3) is 0 Å². The number of carbonyl (C=O) groups excluding carboxylic acids is 1. The van der Waals surface area contributed by atoms with Crippen molar-refractivity contribution in [1.29, 1.82) is 0 Å². The fourth-order valence-electron chi connectivity index (χ4n) is 0.832. The van der Waals surface area contributed by atoms with E-state index in [1.54, 1.807) is 11.8 Å². The van der Waals surface area contributed by atoms with Gasteiger partial charge in [0.05, 0.1) is 13.1 Å². The standard InChI is InChI=1S/C8H15NO3/c1-3-7(10)5-9(4-2)6-8(11)12/h3-6H2,1-2H3,(H,11,12). The van der Waals surface area contributed by atoms with Crippen LogP contribution in [0.5, 0.6) is 0 Å². The Morgan fingerprint density at radius 3 is 2.17 bits per heavy atom. The molecule has 0 radical (unpaired) electrons. The molecule has 0 spiro atoms. The van der Waals surface area contributed by atoms with Crippen LogP contribution >= 0.6 is 0 Å². The predicted octanol–water partition coefficient (Wildman–Crippen LogP) is 0.372. The normalized spacial score (nSPS) is 10.2. The quantitative estimate of drug-likeness (QED) is 0.630. The number of nitrogens with zero attached hydrogens (tertiary/aromatic N) is 1. The summed E-state index contributed by atoms with van der Waals surface area (Å²) >= 11 is 0. The second-order valence-corrected chi connectivity index (χ2v) is 2.59. The van der Waals surface area contributed by atoms with Crippen molar-refractivity contribution in [3.8, 4) is 0 Å². The van der Waals surface area contributed by atoms with E-state index < -0.39 is 5.97 Å². The molecule has 4 nitrogen and oxygen atoms in total. The molecule has 0 saturated heterocycles. The third-order valence-electron chi connectivity index (χ3n) is 1.60. The van der Waals surface area contributed by atoms with E-state index in [4.69, 9.17) is 5.11 Å². The maximum atomic E-state index is 10.9. The first-order valence-corrected chi connectivity index (χ1v) is 4.06. The lowest BCUT2D eigenvalue weighted by Crippen LogP contribution is -2.34. The molecule has 0 rings (SSSR count). The van der Waals surface area contributed by atoms with Crippen molar-refractivity contribution in [2.24, 2.45) is 0 Å². The van der Waals surface area contributed by atoms with Gasteiger partial charge in [-0.05, 0) is 6.54 Å². The molecule has 0 heterocycles. The van der Waals surface area contributed by atoms with Gasteiger partial charge in [-0.25, -0.2) is 0 Å². The van der Waals surface area contributed by atoms with Crippen molar-refractivity contribution >= 4 is 11.8 Å². The molecule has 70 valence electrons. The van der Waals surface area contributed by atoms with E-state index in [9.17, 15) is 9.59 Å². The lowest BCUT2D eigenvalue weighted by molar-refractivity contribution is -0.138. The Kier molecular flexibility index (Phi) is 5.28. The number of rotatable bonds is 6. The summed E-state index contributed by atoms with van der Waals surface area (Å²) in [6.45, 7) is 4.41. The summed E-state index contributed by atoms with van der Waals surface area (Å²) in [6, 6.07) is 0. The number of aliphatic carboxylic acids is 1.